The van der Waals surface area contributed by atoms with Gasteiger partial charge < -0.3 is 5.32 Å². The maximum Gasteiger partial charge on any atom is 0.253 e. The van der Waals surface area contributed by atoms with E-state index in [1.165, 1.54) is 24.3 Å². The van der Waals surface area contributed by atoms with Crippen LogP contribution in [-0.4, -0.2) is 22.6 Å². The molecule has 0 radical (unpaired) electrons. The van der Waals surface area contributed by atoms with Crippen LogP contribution in [-0.2, 0) is 9.59 Å². The summed E-state index contributed by atoms with van der Waals surface area (Å²) in [4.78, 5) is 40.6. The normalized spacial score (nSPS) is 11.1. The van der Waals surface area contributed by atoms with Crippen molar-refractivity contribution in [1.82, 2.24) is 4.98 Å². The summed E-state index contributed by atoms with van der Waals surface area (Å²) in [5, 5.41) is 5.83. The molecule has 2 aromatic rings. The molecule has 0 aliphatic carbocycles. The second-order valence-corrected chi connectivity index (χ2v) is 6.77. The van der Waals surface area contributed by atoms with Crippen molar-refractivity contribution in [2.45, 2.75) is 27.7 Å². The molecule has 0 aliphatic heterocycles. The molecule has 1 aromatic heterocycles. The van der Waals surface area contributed by atoms with Gasteiger partial charge in [0.2, 0.25) is 5.91 Å². The lowest BCUT2D eigenvalue weighted by molar-refractivity contribution is -0.114. The molecule has 0 bridgehead atoms. The van der Waals surface area contributed by atoms with Crippen molar-refractivity contribution >= 4 is 39.8 Å². The predicted octanol–water partition coefficient (Wildman–Crippen LogP) is 3.49. The second-order valence-electron chi connectivity index (χ2n) is 5.56. The highest BCUT2D eigenvalue weighted by Crippen LogP contribution is 2.21. The molecule has 1 aromatic carbocycles. The highest BCUT2D eigenvalue weighted by molar-refractivity contribution is 7.15. The Morgan fingerprint density at radius 1 is 1.04 bits per heavy atom. The first-order chi connectivity index (χ1) is 11.8. The first-order valence-electron chi connectivity index (χ1n) is 7.62. The smallest absolute Gasteiger partial charge is 0.253 e. The van der Waals surface area contributed by atoms with Gasteiger partial charge >= 0.3 is 0 Å². The van der Waals surface area contributed by atoms with Crippen LogP contribution in [0.2, 0.25) is 0 Å². The number of hydrogen-bond acceptors (Lipinski definition) is 5. The Balaban J connectivity index is 1.98. The number of ketones is 1. The molecule has 25 heavy (non-hydrogen) atoms. The SMILES string of the molecule is CC(=O)c1ccc(NC(=O)/C=C(/C)C(=O)Nc2nc(C)c(C)s2)cc1. The van der Waals surface area contributed by atoms with Crippen molar-refractivity contribution in [3.8, 4) is 0 Å². The number of nitrogens with zero attached hydrogens (tertiary/aromatic N) is 1. The van der Waals surface area contributed by atoms with Crippen molar-refractivity contribution in [2.24, 2.45) is 0 Å². The van der Waals surface area contributed by atoms with Gasteiger partial charge in [-0.05, 0) is 52.0 Å². The van der Waals surface area contributed by atoms with Gasteiger partial charge in [-0.1, -0.05) is 0 Å². The number of nitrogens with one attached hydrogen (secondary N) is 2. The van der Waals surface area contributed by atoms with Crippen LogP contribution in [0, 0.1) is 13.8 Å². The molecule has 2 rings (SSSR count). The lowest BCUT2D eigenvalue weighted by atomic mass is 10.1. The van der Waals surface area contributed by atoms with Crippen LogP contribution in [0.4, 0.5) is 10.8 Å². The van der Waals surface area contributed by atoms with Gasteiger partial charge in [-0.3, -0.25) is 19.7 Å². The fourth-order valence-corrected chi connectivity index (χ4v) is 2.76. The molecule has 7 heteroatoms. The highest BCUT2D eigenvalue weighted by Gasteiger charge is 2.11. The van der Waals surface area contributed by atoms with E-state index in [-0.39, 0.29) is 17.3 Å². The van der Waals surface area contributed by atoms with E-state index in [2.05, 4.69) is 15.6 Å². The Labute approximate surface area is 150 Å². The molecule has 1 heterocycles. The number of amides is 2. The first kappa shape index (κ1) is 18.5. The summed E-state index contributed by atoms with van der Waals surface area (Å²) in [5.74, 6) is -0.844. The van der Waals surface area contributed by atoms with Crippen molar-refractivity contribution < 1.29 is 14.4 Å². The topological polar surface area (TPSA) is 88.2 Å². The van der Waals surface area contributed by atoms with E-state index in [4.69, 9.17) is 0 Å². The van der Waals surface area contributed by atoms with E-state index in [1.807, 2.05) is 13.8 Å². The molecule has 2 N–H and O–H groups in total. The number of carbonyl (C=O) groups is 3. The predicted molar refractivity (Wildman–Crippen MR) is 99.1 cm³/mol. The lowest BCUT2D eigenvalue weighted by Crippen LogP contribution is -2.16. The number of thiazole rings is 1. The Morgan fingerprint density at radius 2 is 1.68 bits per heavy atom. The monoisotopic (exact) mass is 357 g/mol. The molecule has 0 atom stereocenters. The standard InChI is InChI=1S/C18H19N3O3S/c1-10(17(24)21-18-19-11(2)13(4)25-18)9-16(23)20-15-7-5-14(6-8-15)12(3)22/h5-9H,1-4H3,(H,20,23)(H,19,21,24)/b10-9-. The number of rotatable bonds is 5. The van der Waals surface area contributed by atoms with Crippen LogP contribution in [0.5, 0.6) is 0 Å². The van der Waals surface area contributed by atoms with Gasteiger partial charge in [0.05, 0.1) is 5.69 Å². The second kappa shape index (κ2) is 7.85. The Bertz CT molecular complexity index is 831. The van der Waals surface area contributed by atoms with E-state index >= 15 is 0 Å². The van der Waals surface area contributed by atoms with Crippen LogP contribution >= 0.6 is 11.3 Å². The average Bonchev–Trinajstić information content (AvgIpc) is 2.85. The van der Waals surface area contributed by atoms with E-state index in [1.54, 1.807) is 31.2 Å². The summed E-state index contributed by atoms with van der Waals surface area (Å²) in [6.45, 7) is 6.83. The zero-order valence-corrected chi connectivity index (χ0v) is 15.3. The van der Waals surface area contributed by atoms with Crippen molar-refractivity contribution in [3.63, 3.8) is 0 Å². The molecule has 130 valence electrons. The number of hydrogen-bond donors (Lipinski definition) is 2. The first-order valence-corrected chi connectivity index (χ1v) is 8.43. The average molecular weight is 357 g/mol. The third-order valence-electron chi connectivity index (χ3n) is 3.51. The molecule has 0 unspecified atom stereocenters. The van der Waals surface area contributed by atoms with Crippen LogP contribution in [0.1, 0.15) is 34.8 Å². The summed E-state index contributed by atoms with van der Waals surface area (Å²) in [7, 11) is 0. The lowest BCUT2D eigenvalue weighted by Gasteiger charge is -2.05. The number of aryl methyl sites for hydroxylation is 2. The fourth-order valence-electron chi connectivity index (χ4n) is 1.95. The van der Waals surface area contributed by atoms with Gasteiger partial charge in [-0.25, -0.2) is 4.98 Å². The van der Waals surface area contributed by atoms with Crippen LogP contribution < -0.4 is 10.6 Å². The summed E-state index contributed by atoms with van der Waals surface area (Å²) in [6, 6.07) is 6.54. The molecule has 0 saturated carbocycles. The van der Waals surface area contributed by atoms with Gasteiger partial charge in [0.15, 0.2) is 10.9 Å². The third-order valence-corrected chi connectivity index (χ3v) is 4.50. The molecule has 0 spiro atoms. The molecule has 0 fully saturated rings. The minimum Gasteiger partial charge on any atom is -0.323 e. The minimum atomic E-state index is -0.422. The quantitative estimate of drug-likeness (QED) is 0.633. The Kier molecular flexibility index (Phi) is 5.82. The molecular formula is C18H19N3O3S. The summed E-state index contributed by atoms with van der Waals surface area (Å²) in [5.41, 5.74) is 2.25. The third kappa shape index (κ3) is 5.09. The van der Waals surface area contributed by atoms with Gasteiger partial charge in [-0.15, -0.1) is 11.3 Å². The number of Topliss-reactive ketones (excluding diaryl/α,β-unsaturated/α-hetero) is 1. The zero-order chi connectivity index (χ0) is 18.6. The van der Waals surface area contributed by atoms with Crippen LogP contribution in [0.3, 0.4) is 0 Å². The van der Waals surface area contributed by atoms with E-state index in [9.17, 15) is 14.4 Å². The molecule has 2 amide bonds. The number of anilines is 2. The van der Waals surface area contributed by atoms with Gasteiger partial charge in [0, 0.05) is 27.8 Å². The largest absolute Gasteiger partial charge is 0.323 e. The maximum atomic E-state index is 12.1. The highest BCUT2D eigenvalue weighted by atomic mass is 32.1. The zero-order valence-electron chi connectivity index (χ0n) is 14.5. The summed E-state index contributed by atoms with van der Waals surface area (Å²) < 4.78 is 0. The summed E-state index contributed by atoms with van der Waals surface area (Å²) in [6.07, 6.45) is 1.22. The van der Waals surface area contributed by atoms with E-state index in [0.29, 0.717) is 16.4 Å². The van der Waals surface area contributed by atoms with Gasteiger partial charge in [0.1, 0.15) is 0 Å². The fraction of sp³-hybridized carbons (Fsp3) is 0.222. The van der Waals surface area contributed by atoms with Crippen molar-refractivity contribution in [1.29, 1.82) is 0 Å². The van der Waals surface area contributed by atoms with Gasteiger partial charge in [0.25, 0.3) is 5.91 Å². The number of aromatic nitrogens is 1. The molecule has 0 aliphatic rings. The molecular weight excluding hydrogens is 338 g/mol. The Morgan fingerprint density at radius 3 is 2.20 bits per heavy atom. The van der Waals surface area contributed by atoms with Crippen molar-refractivity contribution in [3.05, 3.63) is 52.0 Å². The van der Waals surface area contributed by atoms with Crippen LogP contribution in [0.15, 0.2) is 35.9 Å². The molecule has 6 nitrogen and oxygen atoms in total. The van der Waals surface area contributed by atoms with E-state index in [0.717, 1.165) is 10.6 Å². The summed E-state index contributed by atoms with van der Waals surface area (Å²) >= 11 is 1.39. The van der Waals surface area contributed by atoms with Crippen LogP contribution in [0.25, 0.3) is 0 Å². The Hall–Kier alpha value is -2.80. The molecule has 0 saturated heterocycles. The number of carbonyl (C=O) groups excluding carboxylic acids is 3. The minimum absolute atomic E-state index is 0.0436. The van der Waals surface area contributed by atoms with E-state index < -0.39 is 5.91 Å². The van der Waals surface area contributed by atoms with Crippen molar-refractivity contribution in [2.75, 3.05) is 10.6 Å². The van der Waals surface area contributed by atoms with Gasteiger partial charge in [-0.2, -0.15) is 0 Å². The maximum absolute atomic E-state index is 12.1. The number of benzene rings is 1.